The van der Waals surface area contributed by atoms with Crippen LogP contribution in [0.15, 0.2) is 25.3 Å². The maximum absolute atomic E-state index is 11.5. The molecule has 4 nitrogen and oxygen atoms in total. The van der Waals surface area contributed by atoms with E-state index in [2.05, 4.69) is 13.2 Å². The highest BCUT2D eigenvalue weighted by Crippen LogP contribution is 2.18. The van der Waals surface area contributed by atoms with Crippen molar-refractivity contribution in [3.8, 4) is 0 Å². The molecule has 0 aromatic carbocycles. The van der Waals surface area contributed by atoms with Crippen LogP contribution in [0, 0.1) is 0 Å². The number of carbonyl (C=O) groups excluding carboxylic acids is 2. The van der Waals surface area contributed by atoms with E-state index in [1.165, 1.54) is 12.2 Å². The lowest BCUT2D eigenvalue weighted by molar-refractivity contribution is -0.151. The number of imide groups is 1. The SMILES string of the molecule is C=C[C@@H](O)[C@@H](C=C)N1C(=O)CCCC1=O. The van der Waals surface area contributed by atoms with Crippen LogP contribution in [0.25, 0.3) is 0 Å². The highest BCUT2D eigenvalue weighted by atomic mass is 16.3. The van der Waals surface area contributed by atoms with E-state index < -0.39 is 12.1 Å². The number of hydrogen-bond donors (Lipinski definition) is 1. The van der Waals surface area contributed by atoms with Gasteiger partial charge in [0.25, 0.3) is 0 Å². The lowest BCUT2D eigenvalue weighted by atomic mass is 10.0. The van der Waals surface area contributed by atoms with E-state index in [1.54, 1.807) is 0 Å². The summed E-state index contributed by atoms with van der Waals surface area (Å²) in [5, 5.41) is 9.57. The number of aliphatic hydroxyl groups excluding tert-OH is 1. The lowest BCUT2D eigenvalue weighted by Crippen LogP contribution is -2.50. The second-order valence-corrected chi connectivity index (χ2v) is 3.46. The molecule has 82 valence electrons. The minimum atomic E-state index is -0.950. The molecule has 1 N–H and O–H groups in total. The molecular weight excluding hydrogens is 194 g/mol. The fraction of sp³-hybridized carbons (Fsp3) is 0.455. The zero-order valence-corrected chi connectivity index (χ0v) is 8.56. The van der Waals surface area contributed by atoms with Gasteiger partial charge >= 0.3 is 0 Å². The number of amides is 2. The molecule has 0 aliphatic carbocycles. The molecule has 0 unspecified atom stereocenters. The first-order valence-electron chi connectivity index (χ1n) is 4.90. The number of piperidine rings is 1. The van der Waals surface area contributed by atoms with Gasteiger partial charge in [-0.25, -0.2) is 0 Å². The number of aliphatic hydroxyl groups is 1. The Balaban J connectivity index is 2.89. The Morgan fingerprint density at radius 2 is 1.73 bits per heavy atom. The molecule has 1 fully saturated rings. The summed E-state index contributed by atoms with van der Waals surface area (Å²) in [5.41, 5.74) is 0. The number of hydrogen-bond acceptors (Lipinski definition) is 3. The van der Waals surface area contributed by atoms with Crippen LogP contribution in [-0.4, -0.2) is 34.0 Å². The summed E-state index contributed by atoms with van der Waals surface area (Å²) in [6.07, 6.45) is 3.02. The zero-order valence-electron chi connectivity index (χ0n) is 8.56. The van der Waals surface area contributed by atoms with Gasteiger partial charge in [-0.1, -0.05) is 12.2 Å². The van der Waals surface area contributed by atoms with Gasteiger partial charge in [-0.15, -0.1) is 13.2 Å². The van der Waals surface area contributed by atoms with Crippen molar-refractivity contribution in [1.29, 1.82) is 0 Å². The van der Waals surface area contributed by atoms with Gasteiger partial charge in [0.1, 0.15) is 0 Å². The summed E-state index contributed by atoms with van der Waals surface area (Å²) in [7, 11) is 0. The summed E-state index contributed by atoms with van der Waals surface area (Å²) < 4.78 is 0. The van der Waals surface area contributed by atoms with Crippen LogP contribution in [0.3, 0.4) is 0 Å². The second-order valence-electron chi connectivity index (χ2n) is 3.46. The molecule has 0 aromatic rings. The van der Waals surface area contributed by atoms with Crippen molar-refractivity contribution < 1.29 is 14.7 Å². The number of carbonyl (C=O) groups is 2. The number of rotatable bonds is 4. The number of nitrogens with zero attached hydrogens (tertiary/aromatic N) is 1. The minimum absolute atomic E-state index is 0.253. The Morgan fingerprint density at radius 1 is 1.20 bits per heavy atom. The molecule has 4 heteroatoms. The van der Waals surface area contributed by atoms with Gasteiger partial charge in [-0.05, 0) is 6.42 Å². The van der Waals surface area contributed by atoms with Gasteiger partial charge in [0.2, 0.25) is 11.8 Å². The van der Waals surface area contributed by atoms with Crippen LogP contribution in [-0.2, 0) is 9.59 Å². The van der Waals surface area contributed by atoms with Crippen LogP contribution in [0.2, 0.25) is 0 Å². The van der Waals surface area contributed by atoms with Gasteiger partial charge in [0.05, 0.1) is 12.1 Å². The summed E-state index contributed by atoms with van der Waals surface area (Å²) in [5.74, 6) is -0.505. The third-order valence-electron chi connectivity index (χ3n) is 2.45. The standard InChI is InChI=1S/C11H15NO3/c1-3-8(9(13)4-2)12-10(14)6-5-7-11(12)15/h3-4,8-9,13H,1-2,5-7H2/t8-,9-/m1/s1. The Morgan fingerprint density at radius 3 is 2.13 bits per heavy atom. The third-order valence-corrected chi connectivity index (χ3v) is 2.45. The average Bonchev–Trinajstić information content (AvgIpc) is 2.22. The summed E-state index contributed by atoms with van der Waals surface area (Å²) >= 11 is 0. The molecule has 2 amide bonds. The quantitative estimate of drug-likeness (QED) is 0.545. The molecule has 1 aliphatic rings. The van der Waals surface area contributed by atoms with Gasteiger partial charge < -0.3 is 5.11 Å². The predicted octanol–water partition coefficient (Wildman–Crippen LogP) is 0.627. The molecule has 0 bridgehead atoms. The molecule has 2 atom stereocenters. The van der Waals surface area contributed by atoms with Crippen molar-refractivity contribution >= 4 is 11.8 Å². The van der Waals surface area contributed by atoms with Crippen molar-refractivity contribution in [2.45, 2.75) is 31.4 Å². The fourth-order valence-electron chi connectivity index (χ4n) is 1.64. The third kappa shape index (κ3) is 2.33. The zero-order chi connectivity index (χ0) is 11.4. The maximum atomic E-state index is 11.5. The van der Waals surface area contributed by atoms with Crippen molar-refractivity contribution in [1.82, 2.24) is 4.90 Å². The first-order valence-corrected chi connectivity index (χ1v) is 4.90. The van der Waals surface area contributed by atoms with E-state index in [-0.39, 0.29) is 11.8 Å². The number of likely N-dealkylation sites (tertiary alicyclic amines) is 1. The van der Waals surface area contributed by atoms with Crippen LogP contribution >= 0.6 is 0 Å². The Bertz CT molecular complexity index is 282. The molecule has 0 saturated carbocycles. The molecule has 1 saturated heterocycles. The van der Waals surface area contributed by atoms with Crippen molar-refractivity contribution in [3.63, 3.8) is 0 Å². The summed E-state index contributed by atoms with van der Waals surface area (Å²) in [6.45, 7) is 6.95. The molecule has 1 heterocycles. The normalized spacial score (nSPS) is 21.0. The Labute approximate surface area is 88.9 Å². The highest BCUT2D eigenvalue weighted by molar-refractivity contribution is 5.98. The molecule has 0 radical (unpaired) electrons. The van der Waals surface area contributed by atoms with Crippen LogP contribution in [0.1, 0.15) is 19.3 Å². The van der Waals surface area contributed by atoms with E-state index in [4.69, 9.17) is 0 Å². The lowest BCUT2D eigenvalue weighted by Gasteiger charge is -2.32. The van der Waals surface area contributed by atoms with E-state index in [1.807, 2.05) is 0 Å². The van der Waals surface area contributed by atoms with Gasteiger partial charge in [-0.3, -0.25) is 14.5 Å². The maximum Gasteiger partial charge on any atom is 0.229 e. The Kier molecular flexibility index (Phi) is 3.80. The second kappa shape index (κ2) is 4.89. The smallest absolute Gasteiger partial charge is 0.229 e. The van der Waals surface area contributed by atoms with E-state index in [0.717, 1.165) is 4.90 Å². The first kappa shape index (κ1) is 11.7. The molecule has 0 aromatic heterocycles. The van der Waals surface area contributed by atoms with E-state index in [9.17, 15) is 14.7 Å². The fourth-order valence-corrected chi connectivity index (χ4v) is 1.64. The highest BCUT2D eigenvalue weighted by Gasteiger charge is 2.33. The van der Waals surface area contributed by atoms with Crippen molar-refractivity contribution in [3.05, 3.63) is 25.3 Å². The van der Waals surface area contributed by atoms with Gasteiger partial charge in [0, 0.05) is 12.8 Å². The van der Waals surface area contributed by atoms with E-state index >= 15 is 0 Å². The van der Waals surface area contributed by atoms with Crippen molar-refractivity contribution in [2.75, 3.05) is 0 Å². The molecule has 0 spiro atoms. The van der Waals surface area contributed by atoms with Crippen LogP contribution in [0.5, 0.6) is 0 Å². The molecule has 1 aliphatic heterocycles. The largest absolute Gasteiger partial charge is 0.387 e. The molecule has 1 rings (SSSR count). The predicted molar refractivity (Wildman–Crippen MR) is 55.9 cm³/mol. The van der Waals surface area contributed by atoms with E-state index in [0.29, 0.717) is 19.3 Å². The van der Waals surface area contributed by atoms with Crippen LogP contribution < -0.4 is 0 Å². The first-order chi connectivity index (χ1) is 7.11. The summed E-state index contributed by atoms with van der Waals surface area (Å²) in [6, 6.07) is -0.692. The summed E-state index contributed by atoms with van der Waals surface area (Å²) in [4.78, 5) is 24.2. The van der Waals surface area contributed by atoms with Gasteiger partial charge in [0.15, 0.2) is 0 Å². The Hall–Kier alpha value is -1.42. The average molecular weight is 209 g/mol. The monoisotopic (exact) mass is 209 g/mol. The van der Waals surface area contributed by atoms with Crippen LogP contribution in [0.4, 0.5) is 0 Å². The molecule has 15 heavy (non-hydrogen) atoms. The van der Waals surface area contributed by atoms with Crippen molar-refractivity contribution in [2.24, 2.45) is 0 Å². The topological polar surface area (TPSA) is 57.6 Å². The van der Waals surface area contributed by atoms with Gasteiger partial charge in [-0.2, -0.15) is 0 Å². The molecular formula is C11H15NO3. The minimum Gasteiger partial charge on any atom is -0.387 e.